The lowest BCUT2D eigenvalue weighted by atomic mass is 10.0. The van der Waals surface area contributed by atoms with E-state index < -0.39 is 97.5 Å². The van der Waals surface area contributed by atoms with E-state index in [0.717, 1.165) is 96.3 Å². The van der Waals surface area contributed by atoms with Gasteiger partial charge in [0.25, 0.3) is 0 Å². The molecular weight excluding hydrogens is 1260 g/mol. The fraction of sp³-hybridized carbons (Fsp3) is 0.948. The summed E-state index contributed by atoms with van der Waals surface area (Å²) in [5.74, 6) is -1.43. The molecule has 3 N–H and O–H groups in total. The summed E-state index contributed by atoms with van der Waals surface area (Å²) in [4.78, 5) is 72.8. The smallest absolute Gasteiger partial charge is 0.462 e. The molecule has 2 unspecified atom stereocenters. The molecule has 0 aromatic rings. The van der Waals surface area contributed by atoms with Crippen molar-refractivity contribution in [2.75, 3.05) is 39.6 Å². The number of phosphoric acid groups is 2. The van der Waals surface area contributed by atoms with Gasteiger partial charge in [0.1, 0.15) is 19.3 Å². The second kappa shape index (κ2) is 70.1. The molecule has 0 aliphatic heterocycles. The molecule has 0 saturated heterocycles. The number of hydrogen-bond acceptors (Lipinski definition) is 15. The van der Waals surface area contributed by atoms with Crippen molar-refractivity contribution in [3.8, 4) is 0 Å². The van der Waals surface area contributed by atoms with Gasteiger partial charge in [-0.15, -0.1) is 0 Å². The lowest BCUT2D eigenvalue weighted by Crippen LogP contribution is -2.30. The van der Waals surface area contributed by atoms with E-state index in [1.54, 1.807) is 0 Å². The van der Waals surface area contributed by atoms with E-state index in [1.807, 2.05) is 0 Å². The third-order valence-corrected chi connectivity index (χ3v) is 19.9. The van der Waals surface area contributed by atoms with Crippen LogP contribution in [-0.2, 0) is 65.4 Å². The fourth-order valence-corrected chi connectivity index (χ4v) is 13.5. The number of hydrogen-bond donors (Lipinski definition) is 3. The van der Waals surface area contributed by atoms with Crippen LogP contribution in [-0.4, -0.2) is 96.7 Å². The standard InChI is InChI=1S/C77H150O17P2/c1-6-9-12-15-18-21-24-26-28-30-32-34-36-39-41-44-50-55-60-74(79)87-66-72(93-77(82)63-58-53-46-43-40-37-35-33-31-29-27-25-22-19-16-13-10-7-2)68-91-95(83,84)89-64-71(78)65-90-96(85,86)92-69-73(67-88-75(80)61-56-51-48-47-49-54-59-70(4)5)94-76(81)62-57-52-45-42-38-23-20-17-14-11-8-3/h70-73,78H,6-69H2,1-5H3,(H,83,84)(H,85,86)/t71-,72-,73-/m1/s1. The number of aliphatic hydroxyl groups excluding tert-OH is 1. The number of carbonyl (C=O) groups is 4. The highest BCUT2D eigenvalue weighted by molar-refractivity contribution is 7.47. The van der Waals surface area contributed by atoms with Crippen molar-refractivity contribution < 1.29 is 80.2 Å². The molecule has 0 aromatic heterocycles. The van der Waals surface area contributed by atoms with Crippen LogP contribution < -0.4 is 0 Å². The quantitative estimate of drug-likeness (QED) is 0.0222. The Bertz CT molecular complexity index is 1840. The molecule has 0 fully saturated rings. The van der Waals surface area contributed by atoms with Crippen LogP contribution in [0, 0.1) is 5.92 Å². The second-order valence-electron chi connectivity index (χ2n) is 28.2. The molecule has 0 rings (SSSR count). The summed E-state index contributed by atoms with van der Waals surface area (Å²) < 4.78 is 68.5. The van der Waals surface area contributed by atoms with E-state index in [9.17, 15) is 43.2 Å². The number of esters is 4. The van der Waals surface area contributed by atoms with Gasteiger partial charge in [0.2, 0.25) is 0 Å². The van der Waals surface area contributed by atoms with Crippen LogP contribution in [0.15, 0.2) is 0 Å². The van der Waals surface area contributed by atoms with Gasteiger partial charge in [-0.3, -0.25) is 37.3 Å². The molecule has 0 amide bonds. The first-order valence-corrected chi connectivity index (χ1v) is 43.1. The van der Waals surface area contributed by atoms with Crippen LogP contribution >= 0.6 is 15.6 Å². The van der Waals surface area contributed by atoms with Gasteiger partial charge >= 0.3 is 39.5 Å². The van der Waals surface area contributed by atoms with Crippen molar-refractivity contribution in [3.63, 3.8) is 0 Å². The molecule has 0 aliphatic rings. The predicted octanol–water partition coefficient (Wildman–Crippen LogP) is 22.9. The highest BCUT2D eigenvalue weighted by Crippen LogP contribution is 2.45. The molecule has 570 valence electrons. The first kappa shape index (κ1) is 94.1. The predicted molar refractivity (Wildman–Crippen MR) is 391 cm³/mol. The Morgan fingerprint density at radius 2 is 0.479 bits per heavy atom. The molecule has 0 bridgehead atoms. The lowest BCUT2D eigenvalue weighted by Gasteiger charge is -2.21. The fourth-order valence-electron chi connectivity index (χ4n) is 11.9. The van der Waals surface area contributed by atoms with Crippen LogP contribution in [0.1, 0.15) is 407 Å². The molecule has 0 aliphatic carbocycles. The van der Waals surface area contributed by atoms with Crippen molar-refractivity contribution in [3.05, 3.63) is 0 Å². The molecule has 96 heavy (non-hydrogen) atoms. The molecule has 17 nitrogen and oxygen atoms in total. The molecule has 0 saturated carbocycles. The Hall–Kier alpha value is -1.94. The van der Waals surface area contributed by atoms with Crippen molar-refractivity contribution in [1.82, 2.24) is 0 Å². The Balaban J connectivity index is 5.20. The van der Waals surface area contributed by atoms with Gasteiger partial charge in [-0.25, -0.2) is 9.13 Å². The van der Waals surface area contributed by atoms with Crippen LogP contribution in [0.25, 0.3) is 0 Å². The SMILES string of the molecule is CCCCCCCCCCCCCCCCCCCCC(=O)OC[C@H](COP(=O)(O)OC[C@@H](O)COP(=O)(O)OC[C@@H](COC(=O)CCCCCCCCC(C)C)OC(=O)CCCCCCCCCCCCC)OC(=O)CCCCCCCCCCCCCCCCCCCC. The summed E-state index contributed by atoms with van der Waals surface area (Å²) in [5, 5.41) is 10.6. The summed E-state index contributed by atoms with van der Waals surface area (Å²) in [7, 11) is -9.91. The maximum absolute atomic E-state index is 13.1. The van der Waals surface area contributed by atoms with Crippen molar-refractivity contribution in [2.45, 2.75) is 425 Å². The molecule has 0 heterocycles. The molecule has 5 atom stereocenters. The Morgan fingerprint density at radius 1 is 0.281 bits per heavy atom. The Morgan fingerprint density at radius 3 is 0.708 bits per heavy atom. The largest absolute Gasteiger partial charge is 0.472 e. The van der Waals surface area contributed by atoms with Crippen LogP contribution in [0.5, 0.6) is 0 Å². The van der Waals surface area contributed by atoms with Gasteiger partial charge in [0, 0.05) is 25.7 Å². The summed E-state index contributed by atoms with van der Waals surface area (Å²) in [5.41, 5.74) is 0. The molecule has 0 radical (unpaired) electrons. The highest BCUT2D eigenvalue weighted by Gasteiger charge is 2.30. The zero-order chi connectivity index (χ0) is 70.5. The van der Waals surface area contributed by atoms with E-state index in [0.29, 0.717) is 31.6 Å². The van der Waals surface area contributed by atoms with E-state index in [2.05, 4.69) is 34.6 Å². The van der Waals surface area contributed by atoms with Crippen LogP contribution in [0.4, 0.5) is 0 Å². The number of phosphoric ester groups is 2. The topological polar surface area (TPSA) is 237 Å². The van der Waals surface area contributed by atoms with Crippen LogP contribution in [0.2, 0.25) is 0 Å². The zero-order valence-corrected chi connectivity index (χ0v) is 64.3. The van der Waals surface area contributed by atoms with Crippen molar-refractivity contribution >= 4 is 39.5 Å². The average Bonchev–Trinajstić information content (AvgIpc) is 1.60. The number of aliphatic hydroxyl groups is 1. The van der Waals surface area contributed by atoms with E-state index in [-0.39, 0.29) is 25.7 Å². The Labute approximate surface area is 588 Å². The van der Waals surface area contributed by atoms with Gasteiger partial charge in [0.15, 0.2) is 12.2 Å². The maximum atomic E-state index is 13.1. The Kier molecular flexibility index (Phi) is 68.7. The van der Waals surface area contributed by atoms with Gasteiger partial charge in [-0.2, -0.15) is 0 Å². The van der Waals surface area contributed by atoms with Crippen molar-refractivity contribution in [2.24, 2.45) is 5.92 Å². The van der Waals surface area contributed by atoms with Gasteiger partial charge in [-0.1, -0.05) is 356 Å². The first-order chi connectivity index (χ1) is 46.5. The normalized spacial score (nSPS) is 13.9. The number of rotatable bonds is 77. The third kappa shape index (κ3) is 70.5. The molecule has 19 heteroatoms. The minimum atomic E-state index is -4.96. The van der Waals surface area contributed by atoms with Gasteiger partial charge in [-0.05, 0) is 31.6 Å². The summed E-state index contributed by atoms with van der Waals surface area (Å²) in [6, 6.07) is 0. The summed E-state index contributed by atoms with van der Waals surface area (Å²) in [6.45, 7) is 7.21. The van der Waals surface area contributed by atoms with Crippen molar-refractivity contribution in [1.29, 1.82) is 0 Å². The second-order valence-corrected chi connectivity index (χ2v) is 31.1. The zero-order valence-electron chi connectivity index (χ0n) is 62.5. The molecular formula is C77H150O17P2. The minimum absolute atomic E-state index is 0.106. The number of unbranched alkanes of at least 4 members (excludes halogenated alkanes) is 49. The highest BCUT2D eigenvalue weighted by atomic mass is 31.2. The lowest BCUT2D eigenvalue weighted by molar-refractivity contribution is -0.161. The molecule has 0 aromatic carbocycles. The summed E-state index contributed by atoms with van der Waals surface area (Å²) >= 11 is 0. The van der Waals surface area contributed by atoms with Crippen LogP contribution in [0.3, 0.4) is 0 Å². The first-order valence-electron chi connectivity index (χ1n) is 40.1. The third-order valence-electron chi connectivity index (χ3n) is 18.0. The number of carbonyl (C=O) groups excluding carboxylic acids is 4. The monoisotopic (exact) mass is 1410 g/mol. The minimum Gasteiger partial charge on any atom is -0.462 e. The van der Waals surface area contributed by atoms with E-state index in [4.69, 9.17) is 37.0 Å². The van der Waals surface area contributed by atoms with E-state index in [1.165, 1.54) is 225 Å². The van der Waals surface area contributed by atoms with E-state index >= 15 is 0 Å². The van der Waals surface area contributed by atoms with Gasteiger partial charge < -0.3 is 33.8 Å². The summed E-state index contributed by atoms with van der Waals surface area (Å²) in [6.07, 6.45) is 59.9. The maximum Gasteiger partial charge on any atom is 0.472 e. The molecule has 0 spiro atoms. The number of ether oxygens (including phenoxy) is 4. The average molecular weight is 1410 g/mol. The van der Waals surface area contributed by atoms with Gasteiger partial charge in [0.05, 0.1) is 26.4 Å².